The summed E-state index contributed by atoms with van der Waals surface area (Å²) >= 11 is 5.99. The highest BCUT2D eigenvalue weighted by molar-refractivity contribution is 6.30. The van der Waals surface area contributed by atoms with E-state index in [1.54, 1.807) is 0 Å². The van der Waals surface area contributed by atoms with Gasteiger partial charge in [-0.25, -0.2) is 4.79 Å². The zero-order chi connectivity index (χ0) is 13.2. The second-order valence-corrected chi connectivity index (χ2v) is 5.76. The van der Waals surface area contributed by atoms with E-state index in [4.69, 9.17) is 11.6 Å². The van der Waals surface area contributed by atoms with E-state index < -0.39 is 0 Å². The van der Waals surface area contributed by atoms with E-state index in [9.17, 15) is 4.79 Å². The number of urea groups is 1. The molecule has 2 amide bonds. The number of hydrogen-bond acceptors (Lipinski definition) is 1. The van der Waals surface area contributed by atoms with Crippen molar-refractivity contribution in [2.75, 3.05) is 6.54 Å². The van der Waals surface area contributed by atoms with Gasteiger partial charge in [0.15, 0.2) is 0 Å². The molecule has 1 aliphatic carbocycles. The number of benzene rings is 1. The molecule has 1 saturated carbocycles. The van der Waals surface area contributed by atoms with Crippen LogP contribution in [0.15, 0.2) is 24.3 Å². The molecule has 1 aromatic rings. The molecular formula is C14H19ClN2O. The molecule has 1 fully saturated rings. The predicted molar refractivity (Wildman–Crippen MR) is 73.7 cm³/mol. The van der Waals surface area contributed by atoms with Gasteiger partial charge >= 0.3 is 6.03 Å². The van der Waals surface area contributed by atoms with Gasteiger partial charge in [0.1, 0.15) is 0 Å². The Kier molecular flexibility index (Phi) is 3.81. The van der Waals surface area contributed by atoms with E-state index in [-0.39, 0.29) is 11.6 Å². The first-order chi connectivity index (χ1) is 8.52. The van der Waals surface area contributed by atoms with Gasteiger partial charge in [0.25, 0.3) is 0 Å². The molecule has 2 rings (SSSR count). The lowest BCUT2D eigenvalue weighted by Crippen LogP contribution is -2.43. The summed E-state index contributed by atoms with van der Waals surface area (Å²) < 4.78 is 0. The van der Waals surface area contributed by atoms with E-state index in [1.807, 2.05) is 24.3 Å². The molecular weight excluding hydrogens is 248 g/mol. The Hall–Kier alpha value is -1.22. The zero-order valence-electron chi connectivity index (χ0n) is 10.8. The number of carbonyl (C=O) groups excluding carboxylic acids is 1. The average Bonchev–Trinajstić information content (AvgIpc) is 3.07. The molecule has 0 aromatic heterocycles. The van der Waals surface area contributed by atoms with E-state index in [2.05, 4.69) is 24.5 Å². The summed E-state index contributed by atoms with van der Waals surface area (Å²) in [4.78, 5) is 11.8. The number of amides is 2. The minimum absolute atomic E-state index is 0.0961. The highest BCUT2D eigenvalue weighted by atomic mass is 35.5. The van der Waals surface area contributed by atoms with Crippen molar-refractivity contribution in [2.45, 2.75) is 32.2 Å². The smallest absolute Gasteiger partial charge is 0.315 e. The van der Waals surface area contributed by atoms with Crippen molar-refractivity contribution in [3.8, 4) is 0 Å². The van der Waals surface area contributed by atoms with Crippen LogP contribution in [0.4, 0.5) is 4.79 Å². The number of carbonyl (C=O) groups is 1. The predicted octanol–water partition coefficient (Wildman–Crippen LogP) is 3.28. The van der Waals surface area contributed by atoms with E-state index in [0.29, 0.717) is 17.5 Å². The summed E-state index contributed by atoms with van der Waals surface area (Å²) in [5.74, 6) is 0.456. The fourth-order valence-corrected chi connectivity index (χ4v) is 2.15. The van der Waals surface area contributed by atoms with Crippen LogP contribution in [0.3, 0.4) is 0 Å². The van der Waals surface area contributed by atoms with Crippen molar-refractivity contribution >= 4 is 17.6 Å². The van der Waals surface area contributed by atoms with Crippen molar-refractivity contribution < 1.29 is 4.79 Å². The van der Waals surface area contributed by atoms with Crippen LogP contribution in [0.25, 0.3) is 0 Å². The highest BCUT2D eigenvalue weighted by Crippen LogP contribution is 2.45. The van der Waals surface area contributed by atoms with Gasteiger partial charge in [0, 0.05) is 11.6 Å². The molecule has 0 aliphatic heterocycles. The van der Waals surface area contributed by atoms with Gasteiger partial charge in [-0.05, 0) is 36.5 Å². The topological polar surface area (TPSA) is 41.1 Å². The standard InChI is InChI=1S/C14H19ClN2O/c1-10(2)9-16-13(18)17-14(6-7-14)11-4-3-5-12(15)8-11/h3-5,8,10H,6-7,9H2,1-2H3,(H2,16,17,18). The third kappa shape index (κ3) is 3.16. The molecule has 4 heteroatoms. The molecule has 0 spiro atoms. The molecule has 1 aromatic carbocycles. The maximum Gasteiger partial charge on any atom is 0.315 e. The van der Waals surface area contributed by atoms with Crippen LogP contribution in [0.1, 0.15) is 32.3 Å². The van der Waals surface area contributed by atoms with Crippen LogP contribution >= 0.6 is 11.6 Å². The summed E-state index contributed by atoms with van der Waals surface area (Å²) in [6.45, 7) is 4.84. The molecule has 18 heavy (non-hydrogen) atoms. The molecule has 0 bridgehead atoms. The number of nitrogens with one attached hydrogen (secondary N) is 2. The maximum absolute atomic E-state index is 11.8. The Bertz CT molecular complexity index is 441. The molecule has 0 saturated heterocycles. The van der Waals surface area contributed by atoms with Crippen molar-refractivity contribution in [3.63, 3.8) is 0 Å². The van der Waals surface area contributed by atoms with E-state index in [0.717, 1.165) is 18.4 Å². The average molecular weight is 267 g/mol. The van der Waals surface area contributed by atoms with Crippen molar-refractivity contribution in [2.24, 2.45) is 5.92 Å². The van der Waals surface area contributed by atoms with Crippen LogP contribution in [0, 0.1) is 5.92 Å². The van der Waals surface area contributed by atoms with Crippen molar-refractivity contribution in [3.05, 3.63) is 34.9 Å². The first-order valence-corrected chi connectivity index (χ1v) is 6.72. The van der Waals surface area contributed by atoms with Gasteiger partial charge in [-0.1, -0.05) is 37.6 Å². The number of rotatable bonds is 4. The van der Waals surface area contributed by atoms with Gasteiger partial charge in [0.05, 0.1) is 5.54 Å². The van der Waals surface area contributed by atoms with E-state index in [1.165, 1.54) is 0 Å². The van der Waals surface area contributed by atoms with Crippen molar-refractivity contribution in [1.82, 2.24) is 10.6 Å². The van der Waals surface area contributed by atoms with Crippen LogP contribution in [0.5, 0.6) is 0 Å². The SMILES string of the molecule is CC(C)CNC(=O)NC1(c2cccc(Cl)c2)CC1. The van der Waals surface area contributed by atoms with Gasteiger partial charge in [-0.15, -0.1) is 0 Å². The van der Waals surface area contributed by atoms with E-state index >= 15 is 0 Å². The second-order valence-electron chi connectivity index (χ2n) is 5.32. The summed E-state index contributed by atoms with van der Waals surface area (Å²) in [6, 6.07) is 7.62. The molecule has 3 nitrogen and oxygen atoms in total. The summed E-state index contributed by atoms with van der Waals surface area (Å²) in [7, 11) is 0. The molecule has 0 unspecified atom stereocenters. The Morgan fingerprint density at radius 2 is 2.17 bits per heavy atom. The maximum atomic E-state index is 11.8. The zero-order valence-corrected chi connectivity index (χ0v) is 11.6. The first-order valence-electron chi connectivity index (χ1n) is 6.34. The lowest BCUT2D eigenvalue weighted by atomic mass is 10.1. The van der Waals surface area contributed by atoms with Gasteiger partial charge in [-0.3, -0.25) is 0 Å². The molecule has 0 radical (unpaired) electrons. The first kappa shape index (κ1) is 13.2. The van der Waals surface area contributed by atoms with Crippen LogP contribution in [-0.2, 0) is 5.54 Å². The second kappa shape index (κ2) is 5.19. The highest BCUT2D eigenvalue weighted by Gasteiger charge is 2.45. The summed E-state index contributed by atoms with van der Waals surface area (Å²) in [5, 5.41) is 6.65. The number of halogens is 1. The number of hydrogen-bond donors (Lipinski definition) is 2. The van der Waals surface area contributed by atoms with Crippen LogP contribution < -0.4 is 10.6 Å². The minimum atomic E-state index is -0.202. The largest absolute Gasteiger partial charge is 0.338 e. The third-order valence-corrected chi connectivity index (χ3v) is 3.39. The molecule has 2 N–H and O–H groups in total. The Labute approximate surface area is 113 Å². The molecule has 98 valence electrons. The van der Waals surface area contributed by atoms with Gasteiger partial charge in [-0.2, -0.15) is 0 Å². The summed E-state index contributed by atoms with van der Waals surface area (Å²) in [5.41, 5.74) is 0.890. The van der Waals surface area contributed by atoms with Gasteiger partial charge < -0.3 is 10.6 Å². The third-order valence-electron chi connectivity index (χ3n) is 3.15. The quantitative estimate of drug-likeness (QED) is 0.863. The normalized spacial score (nSPS) is 16.4. The Balaban J connectivity index is 1.98. The summed E-state index contributed by atoms with van der Waals surface area (Å²) in [6.07, 6.45) is 1.95. The Morgan fingerprint density at radius 3 is 2.72 bits per heavy atom. The minimum Gasteiger partial charge on any atom is -0.338 e. The fourth-order valence-electron chi connectivity index (χ4n) is 1.96. The molecule has 1 aliphatic rings. The van der Waals surface area contributed by atoms with Crippen molar-refractivity contribution in [1.29, 1.82) is 0 Å². The molecule has 0 heterocycles. The lowest BCUT2D eigenvalue weighted by molar-refractivity contribution is 0.234. The van der Waals surface area contributed by atoms with Crippen LogP contribution in [-0.4, -0.2) is 12.6 Å². The monoisotopic (exact) mass is 266 g/mol. The fraction of sp³-hybridized carbons (Fsp3) is 0.500. The van der Waals surface area contributed by atoms with Crippen LogP contribution in [0.2, 0.25) is 5.02 Å². The van der Waals surface area contributed by atoms with Gasteiger partial charge in [0.2, 0.25) is 0 Å². The molecule has 0 atom stereocenters. The lowest BCUT2D eigenvalue weighted by Gasteiger charge is -2.19. The Morgan fingerprint density at radius 1 is 1.44 bits per heavy atom.